The van der Waals surface area contributed by atoms with E-state index < -0.39 is 0 Å². The highest BCUT2D eigenvalue weighted by Gasteiger charge is 1.96. The lowest BCUT2D eigenvalue weighted by atomic mass is 10.2. The summed E-state index contributed by atoms with van der Waals surface area (Å²) in [6.45, 7) is 9.21. The third-order valence-electron chi connectivity index (χ3n) is 2.05. The highest BCUT2D eigenvalue weighted by Crippen LogP contribution is 2.13. The van der Waals surface area contributed by atoms with Crippen LogP contribution in [-0.2, 0) is 0 Å². The second kappa shape index (κ2) is 10.2. The third kappa shape index (κ3) is 12.7. The Labute approximate surface area is 99.0 Å². The Kier molecular flexibility index (Phi) is 10.7. The van der Waals surface area contributed by atoms with Crippen molar-refractivity contribution in [2.24, 2.45) is 11.8 Å². The minimum atomic E-state index is 0.871. The zero-order valence-electron chi connectivity index (χ0n) is 10.2. The molecule has 0 aromatic heterocycles. The zero-order chi connectivity index (χ0) is 10.8. The van der Waals surface area contributed by atoms with Gasteiger partial charge in [-0.15, -0.1) is 0 Å². The zero-order valence-corrected chi connectivity index (χ0v) is 11.8. The van der Waals surface area contributed by atoms with Crippen LogP contribution in [0.5, 0.6) is 0 Å². The van der Waals surface area contributed by atoms with Gasteiger partial charge in [0.05, 0.1) is 0 Å². The lowest BCUT2D eigenvalue weighted by Gasteiger charge is -2.05. The Morgan fingerprint density at radius 2 is 1.00 bits per heavy atom. The molecule has 0 saturated heterocycles. The van der Waals surface area contributed by atoms with Gasteiger partial charge >= 0.3 is 0 Å². The molecule has 0 N–H and O–H groups in total. The lowest BCUT2D eigenvalue weighted by Crippen LogP contribution is -1.94. The summed E-state index contributed by atoms with van der Waals surface area (Å²) >= 11 is 4.24. The molecular formula is C12H26S2. The van der Waals surface area contributed by atoms with Gasteiger partial charge in [0, 0.05) is 11.5 Å². The van der Waals surface area contributed by atoms with E-state index in [1.54, 1.807) is 0 Å². The van der Waals surface area contributed by atoms with E-state index in [0.29, 0.717) is 0 Å². The molecule has 0 aliphatic rings. The van der Waals surface area contributed by atoms with Crippen molar-refractivity contribution in [3.8, 4) is 0 Å². The van der Waals surface area contributed by atoms with Gasteiger partial charge in [-0.05, 0) is 36.2 Å². The standard InChI is InChI=1S/C12H26S2/c1-11(2)5-7-13-9-10-14-8-6-12(3)4/h11-12H,5-10H2,1-4H3. The number of hydrogen-bond donors (Lipinski definition) is 0. The quantitative estimate of drug-likeness (QED) is 0.537. The minimum Gasteiger partial charge on any atom is -0.161 e. The molecular weight excluding hydrogens is 208 g/mol. The Morgan fingerprint density at radius 3 is 1.29 bits per heavy atom. The van der Waals surface area contributed by atoms with Crippen LogP contribution >= 0.6 is 23.5 Å². The smallest absolute Gasteiger partial charge is 0.00235 e. The Balaban J connectivity index is 2.92. The van der Waals surface area contributed by atoms with E-state index in [2.05, 4.69) is 51.2 Å². The topological polar surface area (TPSA) is 0 Å². The van der Waals surface area contributed by atoms with Crippen LogP contribution in [0.1, 0.15) is 40.5 Å². The summed E-state index contributed by atoms with van der Waals surface area (Å²) < 4.78 is 0. The number of rotatable bonds is 9. The van der Waals surface area contributed by atoms with E-state index in [-0.39, 0.29) is 0 Å². The molecule has 0 aliphatic heterocycles. The molecule has 0 radical (unpaired) electrons. The summed E-state index contributed by atoms with van der Waals surface area (Å²) in [6, 6.07) is 0. The predicted octanol–water partition coefficient (Wildman–Crippen LogP) is 4.55. The van der Waals surface area contributed by atoms with Crippen LogP contribution in [0.4, 0.5) is 0 Å². The normalized spacial score (nSPS) is 11.6. The molecule has 0 aromatic carbocycles. The van der Waals surface area contributed by atoms with Crippen molar-refractivity contribution in [1.82, 2.24) is 0 Å². The van der Waals surface area contributed by atoms with E-state index >= 15 is 0 Å². The first-order valence-corrected chi connectivity index (χ1v) is 8.09. The maximum absolute atomic E-state index is 2.30. The van der Waals surface area contributed by atoms with Crippen molar-refractivity contribution in [2.45, 2.75) is 40.5 Å². The number of thioether (sulfide) groups is 2. The summed E-state index contributed by atoms with van der Waals surface area (Å²) in [7, 11) is 0. The van der Waals surface area contributed by atoms with Gasteiger partial charge in [0.2, 0.25) is 0 Å². The average Bonchev–Trinajstić information content (AvgIpc) is 2.08. The maximum Gasteiger partial charge on any atom is 0.00235 e. The van der Waals surface area contributed by atoms with Crippen LogP contribution in [0.2, 0.25) is 0 Å². The summed E-state index contributed by atoms with van der Waals surface area (Å²) in [5, 5.41) is 0. The molecule has 86 valence electrons. The first-order valence-electron chi connectivity index (χ1n) is 5.78. The van der Waals surface area contributed by atoms with Crippen LogP contribution in [0.15, 0.2) is 0 Å². The molecule has 0 aliphatic carbocycles. The van der Waals surface area contributed by atoms with E-state index in [1.807, 2.05) is 0 Å². The van der Waals surface area contributed by atoms with Crippen molar-refractivity contribution < 1.29 is 0 Å². The predicted molar refractivity (Wildman–Crippen MR) is 73.6 cm³/mol. The first kappa shape index (κ1) is 14.7. The summed E-state index contributed by atoms with van der Waals surface area (Å²) in [6.07, 6.45) is 2.75. The second-order valence-electron chi connectivity index (χ2n) is 4.59. The molecule has 0 bridgehead atoms. The monoisotopic (exact) mass is 234 g/mol. The fourth-order valence-corrected chi connectivity index (χ4v) is 3.59. The van der Waals surface area contributed by atoms with Gasteiger partial charge in [-0.25, -0.2) is 0 Å². The first-order chi connectivity index (χ1) is 6.63. The van der Waals surface area contributed by atoms with E-state index in [4.69, 9.17) is 0 Å². The fourth-order valence-electron chi connectivity index (χ4n) is 0.960. The van der Waals surface area contributed by atoms with Gasteiger partial charge in [-0.2, -0.15) is 23.5 Å². The Bertz CT molecular complexity index is 96.9. The van der Waals surface area contributed by atoms with Crippen LogP contribution in [-0.4, -0.2) is 23.0 Å². The molecule has 0 amide bonds. The molecule has 0 heterocycles. The molecule has 0 atom stereocenters. The van der Waals surface area contributed by atoms with Crippen LogP contribution in [0.25, 0.3) is 0 Å². The highest BCUT2D eigenvalue weighted by atomic mass is 32.2. The average molecular weight is 234 g/mol. The van der Waals surface area contributed by atoms with E-state index in [0.717, 1.165) is 11.8 Å². The molecule has 0 spiro atoms. The van der Waals surface area contributed by atoms with Gasteiger partial charge in [-0.3, -0.25) is 0 Å². The van der Waals surface area contributed by atoms with E-state index in [9.17, 15) is 0 Å². The summed E-state index contributed by atoms with van der Waals surface area (Å²) in [5.41, 5.74) is 0. The fraction of sp³-hybridized carbons (Fsp3) is 1.00. The molecule has 0 fully saturated rings. The van der Waals surface area contributed by atoms with Gasteiger partial charge in [-0.1, -0.05) is 27.7 Å². The van der Waals surface area contributed by atoms with Gasteiger partial charge < -0.3 is 0 Å². The summed E-state index contributed by atoms with van der Waals surface area (Å²) in [5.74, 6) is 7.13. The molecule has 0 rings (SSSR count). The van der Waals surface area contributed by atoms with Gasteiger partial charge in [0.1, 0.15) is 0 Å². The van der Waals surface area contributed by atoms with Gasteiger partial charge in [0.15, 0.2) is 0 Å². The van der Waals surface area contributed by atoms with Crippen molar-refractivity contribution in [2.75, 3.05) is 23.0 Å². The van der Waals surface area contributed by atoms with Crippen molar-refractivity contribution >= 4 is 23.5 Å². The SMILES string of the molecule is CC(C)CCSCCSCCC(C)C. The van der Waals surface area contributed by atoms with Crippen LogP contribution in [0.3, 0.4) is 0 Å². The molecule has 0 saturated carbocycles. The molecule has 2 heteroatoms. The van der Waals surface area contributed by atoms with Crippen LogP contribution < -0.4 is 0 Å². The maximum atomic E-state index is 2.30. The molecule has 0 aromatic rings. The van der Waals surface area contributed by atoms with E-state index in [1.165, 1.54) is 35.9 Å². The van der Waals surface area contributed by atoms with Gasteiger partial charge in [0.25, 0.3) is 0 Å². The van der Waals surface area contributed by atoms with Crippen molar-refractivity contribution in [3.63, 3.8) is 0 Å². The summed E-state index contributed by atoms with van der Waals surface area (Å²) in [4.78, 5) is 0. The molecule has 0 unspecified atom stereocenters. The highest BCUT2D eigenvalue weighted by molar-refractivity contribution is 8.02. The Hall–Kier alpha value is 0.700. The largest absolute Gasteiger partial charge is 0.161 e. The van der Waals surface area contributed by atoms with Crippen molar-refractivity contribution in [1.29, 1.82) is 0 Å². The Morgan fingerprint density at radius 1 is 0.643 bits per heavy atom. The third-order valence-corrected chi connectivity index (χ3v) is 4.34. The molecule has 14 heavy (non-hydrogen) atoms. The molecule has 0 nitrogen and oxygen atoms in total. The van der Waals surface area contributed by atoms with Crippen molar-refractivity contribution in [3.05, 3.63) is 0 Å². The van der Waals surface area contributed by atoms with Crippen LogP contribution in [0, 0.1) is 11.8 Å². The second-order valence-corrected chi connectivity index (χ2v) is 7.04. The number of hydrogen-bond acceptors (Lipinski definition) is 2. The minimum absolute atomic E-state index is 0.871. The lowest BCUT2D eigenvalue weighted by molar-refractivity contribution is 0.631.